The standard InChI is InChI=1S/C2H6BN/c1-2(3)4/h2H,4H2,1H3/t2-/m0/s1. The van der Waals surface area contributed by atoms with Crippen molar-refractivity contribution < 1.29 is 0 Å². The second kappa shape index (κ2) is 1.36. The number of hydrogen-bond acceptors (Lipinski definition) is 1. The monoisotopic (exact) mass is 55.1 g/mol. The average Bonchev–Trinajstić information content (AvgIpc) is 0.811. The molecule has 0 rings (SSSR count). The summed E-state index contributed by atoms with van der Waals surface area (Å²) in [6, 6.07) is 0. The fourth-order valence-corrected chi connectivity index (χ4v) is 0. The molecule has 0 amide bonds. The Hall–Kier alpha value is 0.0249. The van der Waals surface area contributed by atoms with Crippen molar-refractivity contribution in [3.8, 4) is 0 Å². The Morgan fingerprint density at radius 3 is 2.00 bits per heavy atom. The van der Waals surface area contributed by atoms with Crippen LogP contribution in [0.3, 0.4) is 0 Å². The van der Waals surface area contributed by atoms with E-state index < -0.39 is 0 Å². The van der Waals surface area contributed by atoms with Crippen LogP contribution in [0.25, 0.3) is 0 Å². The Labute approximate surface area is 27.6 Å². The number of hydrogen-bond donors (Lipinski definition) is 1. The molecule has 0 unspecified atom stereocenters. The highest BCUT2D eigenvalue weighted by Crippen LogP contribution is 1.48. The van der Waals surface area contributed by atoms with Crippen molar-refractivity contribution in [2.75, 3.05) is 0 Å². The van der Waals surface area contributed by atoms with Crippen LogP contribution in [0.2, 0.25) is 0 Å². The molecule has 0 aliphatic rings. The van der Waals surface area contributed by atoms with Gasteiger partial charge in [-0.2, -0.15) is 0 Å². The molecule has 0 fully saturated rings. The summed E-state index contributed by atoms with van der Waals surface area (Å²) < 4.78 is 0. The summed E-state index contributed by atoms with van der Waals surface area (Å²) in [5.41, 5.74) is 4.89. The van der Waals surface area contributed by atoms with Gasteiger partial charge in [-0.15, -0.1) is 0 Å². The lowest BCUT2D eigenvalue weighted by Gasteiger charge is -1.81. The summed E-state index contributed by atoms with van der Waals surface area (Å²) in [5.74, 6) is -0.167. The molecule has 0 aromatic carbocycles. The second-order valence-corrected chi connectivity index (χ2v) is 0.859. The largest absolute Gasteiger partial charge is 0.336 e. The summed E-state index contributed by atoms with van der Waals surface area (Å²) >= 11 is 0. The van der Waals surface area contributed by atoms with Gasteiger partial charge < -0.3 is 5.73 Å². The fourth-order valence-electron chi connectivity index (χ4n) is 0. The summed E-state index contributed by atoms with van der Waals surface area (Å²) in [6.45, 7) is 1.72. The first-order chi connectivity index (χ1) is 1.73. The Kier molecular flexibility index (Phi) is 1.36. The maximum absolute atomic E-state index is 4.89. The minimum atomic E-state index is -0.167. The topological polar surface area (TPSA) is 26.0 Å². The van der Waals surface area contributed by atoms with Crippen LogP contribution in [0.1, 0.15) is 6.92 Å². The third-order valence-electron chi connectivity index (χ3n) is 0. The van der Waals surface area contributed by atoms with Gasteiger partial charge in [0.05, 0.1) is 7.85 Å². The molecule has 0 aliphatic heterocycles. The van der Waals surface area contributed by atoms with E-state index in [1.165, 1.54) is 0 Å². The van der Waals surface area contributed by atoms with Gasteiger partial charge in [-0.1, -0.05) is 6.92 Å². The third-order valence-corrected chi connectivity index (χ3v) is 0. The molecule has 2 N–H and O–H groups in total. The van der Waals surface area contributed by atoms with Crippen LogP contribution < -0.4 is 5.73 Å². The van der Waals surface area contributed by atoms with Gasteiger partial charge in [-0.25, -0.2) is 0 Å². The van der Waals surface area contributed by atoms with Crippen LogP contribution in [-0.2, 0) is 0 Å². The Bertz CT molecular complexity index is 10.8. The smallest absolute Gasteiger partial charge is 0.0899 e. The molecular weight excluding hydrogens is 48.8 g/mol. The fraction of sp³-hybridized carbons (Fsp3) is 1.00. The van der Waals surface area contributed by atoms with E-state index in [1.54, 1.807) is 6.92 Å². The van der Waals surface area contributed by atoms with Crippen molar-refractivity contribution >= 4 is 7.85 Å². The van der Waals surface area contributed by atoms with Crippen LogP contribution in [0.5, 0.6) is 0 Å². The molecule has 0 spiro atoms. The summed E-state index contributed by atoms with van der Waals surface area (Å²) in [6.07, 6.45) is 0. The highest BCUT2D eigenvalue weighted by molar-refractivity contribution is 6.11. The molecular formula is C2H6BN. The summed E-state index contributed by atoms with van der Waals surface area (Å²) in [7, 11) is 4.89. The van der Waals surface area contributed by atoms with Crippen molar-refractivity contribution in [3.05, 3.63) is 0 Å². The quantitative estimate of drug-likeness (QED) is 0.370. The predicted octanol–water partition coefficient (Wildman–Crippen LogP) is -0.540. The Morgan fingerprint density at radius 2 is 2.00 bits per heavy atom. The molecule has 0 heterocycles. The summed E-state index contributed by atoms with van der Waals surface area (Å²) in [4.78, 5) is 0. The van der Waals surface area contributed by atoms with Crippen molar-refractivity contribution in [3.63, 3.8) is 0 Å². The van der Waals surface area contributed by atoms with E-state index in [4.69, 9.17) is 13.6 Å². The maximum atomic E-state index is 4.89. The molecule has 2 radical (unpaired) electrons. The molecule has 0 saturated heterocycles. The summed E-state index contributed by atoms with van der Waals surface area (Å²) in [5, 5.41) is 0. The molecule has 4 heavy (non-hydrogen) atoms. The zero-order valence-electron chi connectivity index (χ0n) is 2.73. The van der Waals surface area contributed by atoms with Crippen molar-refractivity contribution in [1.29, 1.82) is 0 Å². The van der Waals surface area contributed by atoms with Crippen LogP contribution in [-0.4, -0.2) is 13.8 Å². The lowest BCUT2D eigenvalue weighted by molar-refractivity contribution is 1.03. The van der Waals surface area contributed by atoms with E-state index in [0.717, 1.165) is 0 Å². The van der Waals surface area contributed by atoms with Gasteiger partial charge in [0.15, 0.2) is 0 Å². The normalized spacial score (nSPS) is 15.5. The lowest BCUT2D eigenvalue weighted by Crippen LogP contribution is -2.12. The van der Waals surface area contributed by atoms with E-state index in [-0.39, 0.29) is 5.94 Å². The van der Waals surface area contributed by atoms with E-state index >= 15 is 0 Å². The van der Waals surface area contributed by atoms with Gasteiger partial charge in [0.1, 0.15) is 0 Å². The van der Waals surface area contributed by atoms with Gasteiger partial charge >= 0.3 is 0 Å². The van der Waals surface area contributed by atoms with E-state index in [1.807, 2.05) is 0 Å². The van der Waals surface area contributed by atoms with Gasteiger partial charge in [-0.3, -0.25) is 0 Å². The SMILES string of the molecule is [B][C@H](C)N. The van der Waals surface area contributed by atoms with E-state index in [9.17, 15) is 0 Å². The molecule has 0 aromatic rings. The molecule has 0 aliphatic carbocycles. The average molecular weight is 54.9 g/mol. The van der Waals surface area contributed by atoms with Gasteiger partial charge in [0.25, 0.3) is 0 Å². The van der Waals surface area contributed by atoms with Gasteiger partial charge in [0, 0.05) is 0 Å². The predicted molar refractivity (Wildman–Crippen MR) is 19.4 cm³/mol. The highest BCUT2D eigenvalue weighted by Gasteiger charge is 1.67. The van der Waals surface area contributed by atoms with E-state index in [0.29, 0.717) is 0 Å². The minimum absolute atomic E-state index is 0.167. The number of rotatable bonds is 0. The maximum Gasteiger partial charge on any atom is 0.0899 e. The van der Waals surface area contributed by atoms with Crippen molar-refractivity contribution in [2.24, 2.45) is 5.73 Å². The van der Waals surface area contributed by atoms with Crippen LogP contribution in [0.15, 0.2) is 0 Å². The molecule has 0 aromatic heterocycles. The van der Waals surface area contributed by atoms with Crippen LogP contribution in [0, 0.1) is 0 Å². The van der Waals surface area contributed by atoms with Crippen LogP contribution in [0.4, 0.5) is 0 Å². The highest BCUT2D eigenvalue weighted by atomic mass is 14.5. The zero-order chi connectivity index (χ0) is 3.58. The Morgan fingerprint density at radius 1 is 2.00 bits per heavy atom. The van der Waals surface area contributed by atoms with E-state index in [2.05, 4.69) is 0 Å². The molecule has 0 bridgehead atoms. The molecule has 0 saturated carbocycles. The van der Waals surface area contributed by atoms with Gasteiger partial charge in [0.2, 0.25) is 0 Å². The Balaban J connectivity index is 2.32. The third kappa shape index (κ3) is 3420. The molecule has 2 heteroatoms. The van der Waals surface area contributed by atoms with Crippen molar-refractivity contribution in [1.82, 2.24) is 0 Å². The minimum Gasteiger partial charge on any atom is -0.336 e. The van der Waals surface area contributed by atoms with Gasteiger partial charge in [-0.05, 0) is 5.94 Å². The first kappa shape index (κ1) is 4.02. The molecule has 1 nitrogen and oxygen atoms in total. The lowest BCUT2D eigenvalue weighted by atomic mass is 10.0. The van der Waals surface area contributed by atoms with Crippen molar-refractivity contribution in [2.45, 2.75) is 12.9 Å². The second-order valence-electron chi connectivity index (χ2n) is 0.859. The first-order valence-electron chi connectivity index (χ1n) is 1.24. The zero-order valence-corrected chi connectivity index (χ0v) is 2.73. The molecule has 22 valence electrons. The number of nitrogens with two attached hydrogens (primary N) is 1. The molecule has 1 atom stereocenters. The van der Waals surface area contributed by atoms with Crippen LogP contribution >= 0.6 is 0 Å². The first-order valence-corrected chi connectivity index (χ1v) is 1.24.